The Balaban J connectivity index is 1.72. The van der Waals surface area contributed by atoms with Crippen LogP contribution in [0.4, 0.5) is 14.5 Å². The lowest BCUT2D eigenvalue weighted by molar-refractivity contribution is -0.113. The van der Waals surface area contributed by atoms with E-state index in [4.69, 9.17) is 4.74 Å². The third-order valence-corrected chi connectivity index (χ3v) is 4.88. The summed E-state index contributed by atoms with van der Waals surface area (Å²) in [5.41, 5.74) is 0.994. The molecule has 3 aromatic rings. The van der Waals surface area contributed by atoms with E-state index >= 15 is 0 Å². The minimum Gasteiger partial charge on any atom is -0.496 e. The molecule has 1 amide bonds. The monoisotopic (exact) mass is 404 g/mol. The number of nitrogens with one attached hydrogen (secondary N) is 1. The number of carbonyl (C=O) groups excluding carboxylic acids is 1. The van der Waals surface area contributed by atoms with E-state index in [9.17, 15) is 13.6 Å². The molecular formula is C19H18F2N4O2S. The van der Waals surface area contributed by atoms with Gasteiger partial charge in [0.2, 0.25) is 5.91 Å². The number of hydrogen-bond acceptors (Lipinski definition) is 5. The summed E-state index contributed by atoms with van der Waals surface area (Å²) in [5, 5.41) is 11.5. The normalized spacial score (nSPS) is 10.7. The van der Waals surface area contributed by atoms with Crippen molar-refractivity contribution in [2.45, 2.75) is 18.6 Å². The lowest BCUT2D eigenvalue weighted by Gasteiger charge is -2.10. The van der Waals surface area contributed by atoms with Crippen molar-refractivity contribution in [3.8, 4) is 17.1 Å². The zero-order valence-corrected chi connectivity index (χ0v) is 16.1. The van der Waals surface area contributed by atoms with Crippen molar-refractivity contribution in [3.63, 3.8) is 0 Å². The Bertz CT molecular complexity index is 994. The van der Waals surface area contributed by atoms with Gasteiger partial charge in [0.05, 0.1) is 18.4 Å². The van der Waals surface area contributed by atoms with E-state index in [0.29, 0.717) is 23.3 Å². The molecule has 28 heavy (non-hydrogen) atoms. The summed E-state index contributed by atoms with van der Waals surface area (Å²) < 4.78 is 33.5. The highest BCUT2D eigenvalue weighted by atomic mass is 32.2. The summed E-state index contributed by atoms with van der Waals surface area (Å²) in [7, 11) is 1.59. The van der Waals surface area contributed by atoms with E-state index in [1.165, 1.54) is 17.8 Å². The van der Waals surface area contributed by atoms with Crippen LogP contribution in [0.1, 0.15) is 6.92 Å². The molecule has 0 aliphatic heterocycles. The van der Waals surface area contributed by atoms with Gasteiger partial charge in [-0.3, -0.25) is 4.79 Å². The van der Waals surface area contributed by atoms with Crippen LogP contribution < -0.4 is 10.1 Å². The van der Waals surface area contributed by atoms with Crippen LogP contribution in [-0.4, -0.2) is 33.5 Å². The number of thioether (sulfide) groups is 1. The molecule has 0 atom stereocenters. The van der Waals surface area contributed by atoms with Gasteiger partial charge in [0.25, 0.3) is 0 Å². The first-order valence-electron chi connectivity index (χ1n) is 8.47. The van der Waals surface area contributed by atoms with Crippen LogP contribution in [0.3, 0.4) is 0 Å². The highest BCUT2D eigenvalue weighted by Gasteiger charge is 2.17. The summed E-state index contributed by atoms with van der Waals surface area (Å²) in [6, 6.07) is 10.7. The van der Waals surface area contributed by atoms with Gasteiger partial charge in [-0.15, -0.1) is 10.2 Å². The molecule has 2 aromatic carbocycles. The predicted molar refractivity (Wildman–Crippen MR) is 103 cm³/mol. The van der Waals surface area contributed by atoms with Crippen LogP contribution in [0, 0.1) is 11.6 Å². The van der Waals surface area contributed by atoms with Gasteiger partial charge in [-0.25, -0.2) is 8.78 Å². The maximum Gasteiger partial charge on any atom is 0.234 e. The molecule has 0 fully saturated rings. The number of rotatable bonds is 7. The fraction of sp³-hybridized carbons (Fsp3) is 0.211. The molecule has 0 bridgehead atoms. The van der Waals surface area contributed by atoms with E-state index < -0.39 is 11.6 Å². The predicted octanol–water partition coefficient (Wildman–Crippen LogP) is 3.98. The van der Waals surface area contributed by atoms with Gasteiger partial charge in [-0.2, -0.15) is 0 Å². The zero-order chi connectivity index (χ0) is 20.1. The topological polar surface area (TPSA) is 69.0 Å². The number of methoxy groups -OCH3 is 1. The first-order chi connectivity index (χ1) is 13.5. The Hall–Kier alpha value is -2.94. The van der Waals surface area contributed by atoms with Crippen molar-refractivity contribution in [1.29, 1.82) is 0 Å². The SMILES string of the molecule is CCn1c(SCC(=O)Nc2ccc(F)c(F)c2)nnc1-c1ccccc1OC. The molecule has 6 nitrogen and oxygen atoms in total. The largest absolute Gasteiger partial charge is 0.496 e. The highest BCUT2D eigenvalue weighted by molar-refractivity contribution is 7.99. The Kier molecular flexibility index (Phi) is 6.25. The average molecular weight is 404 g/mol. The second-order valence-corrected chi connectivity index (χ2v) is 6.66. The Morgan fingerprint density at radius 2 is 1.96 bits per heavy atom. The molecule has 0 aliphatic rings. The van der Waals surface area contributed by atoms with Crippen LogP contribution in [0.2, 0.25) is 0 Å². The molecule has 0 radical (unpaired) electrons. The molecule has 0 unspecified atom stereocenters. The average Bonchev–Trinajstić information content (AvgIpc) is 3.12. The first kappa shape index (κ1) is 19.8. The van der Waals surface area contributed by atoms with Crippen LogP contribution in [0.15, 0.2) is 47.6 Å². The van der Waals surface area contributed by atoms with E-state index in [1.54, 1.807) is 7.11 Å². The summed E-state index contributed by atoms with van der Waals surface area (Å²) in [6.45, 7) is 2.56. The number of para-hydroxylation sites is 1. The molecule has 1 aromatic heterocycles. The van der Waals surface area contributed by atoms with Gasteiger partial charge in [-0.05, 0) is 31.2 Å². The standard InChI is InChI=1S/C19H18F2N4O2S/c1-3-25-18(13-6-4-5-7-16(13)27-2)23-24-19(25)28-11-17(26)22-12-8-9-14(20)15(21)10-12/h4-10H,3,11H2,1-2H3,(H,22,26). The van der Waals surface area contributed by atoms with Crippen molar-refractivity contribution in [1.82, 2.24) is 14.8 Å². The molecule has 3 rings (SSSR count). The summed E-state index contributed by atoms with van der Waals surface area (Å²) >= 11 is 1.20. The molecule has 0 aliphatic carbocycles. The lowest BCUT2D eigenvalue weighted by atomic mass is 10.2. The highest BCUT2D eigenvalue weighted by Crippen LogP contribution is 2.30. The van der Waals surface area contributed by atoms with Gasteiger partial charge in [-0.1, -0.05) is 23.9 Å². The zero-order valence-electron chi connectivity index (χ0n) is 15.3. The molecule has 1 heterocycles. The number of anilines is 1. The first-order valence-corrected chi connectivity index (χ1v) is 9.46. The van der Waals surface area contributed by atoms with E-state index in [-0.39, 0.29) is 17.3 Å². The number of hydrogen-bond donors (Lipinski definition) is 1. The lowest BCUT2D eigenvalue weighted by Crippen LogP contribution is -2.15. The van der Waals surface area contributed by atoms with Crippen molar-refractivity contribution in [2.24, 2.45) is 0 Å². The molecule has 0 spiro atoms. The van der Waals surface area contributed by atoms with Crippen molar-refractivity contribution in [2.75, 3.05) is 18.2 Å². The number of halogens is 2. The number of aromatic nitrogens is 3. The number of carbonyl (C=O) groups is 1. The van der Waals surface area contributed by atoms with Crippen molar-refractivity contribution in [3.05, 3.63) is 54.1 Å². The third-order valence-electron chi connectivity index (χ3n) is 3.92. The Morgan fingerprint density at radius 3 is 2.68 bits per heavy atom. The van der Waals surface area contributed by atoms with E-state index in [0.717, 1.165) is 17.7 Å². The van der Waals surface area contributed by atoms with Crippen LogP contribution in [0.25, 0.3) is 11.4 Å². The molecule has 0 saturated carbocycles. The van der Waals surface area contributed by atoms with E-state index in [2.05, 4.69) is 15.5 Å². The summed E-state index contributed by atoms with van der Waals surface area (Å²) in [4.78, 5) is 12.1. The smallest absolute Gasteiger partial charge is 0.234 e. The van der Waals surface area contributed by atoms with Crippen LogP contribution in [-0.2, 0) is 11.3 Å². The second-order valence-electron chi connectivity index (χ2n) is 5.72. The van der Waals surface area contributed by atoms with Gasteiger partial charge in [0, 0.05) is 18.3 Å². The van der Waals surface area contributed by atoms with Crippen molar-refractivity contribution < 1.29 is 18.3 Å². The fourth-order valence-electron chi connectivity index (χ4n) is 2.61. The maximum absolute atomic E-state index is 13.2. The molecular weight excluding hydrogens is 386 g/mol. The number of nitrogens with zero attached hydrogens (tertiary/aromatic N) is 3. The summed E-state index contributed by atoms with van der Waals surface area (Å²) in [6.07, 6.45) is 0. The van der Waals surface area contributed by atoms with Gasteiger partial charge < -0.3 is 14.6 Å². The quantitative estimate of drug-likeness (QED) is 0.603. The van der Waals surface area contributed by atoms with Gasteiger partial charge in [0.15, 0.2) is 22.6 Å². The number of amides is 1. The number of benzene rings is 2. The molecule has 9 heteroatoms. The minimum atomic E-state index is -1.02. The third kappa shape index (κ3) is 4.30. The maximum atomic E-state index is 13.2. The van der Waals surface area contributed by atoms with Crippen LogP contribution >= 0.6 is 11.8 Å². The second kappa shape index (κ2) is 8.83. The minimum absolute atomic E-state index is 0.0447. The Morgan fingerprint density at radius 1 is 1.18 bits per heavy atom. The Labute approximate surface area is 164 Å². The number of ether oxygens (including phenoxy) is 1. The van der Waals surface area contributed by atoms with E-state index in [1.807, 2.05) is 35.8 Å². The molecule has 1 N–H and O–H groups in total. The summed E-state index contributed by atoms with van der Waals surface area (Å²) in [5.74, 6) is -0.977. The molecule has 0 saturated heterocycles. The van der Waals surface area contributed by atoms with Crippen LogP contribution in [0.5, 0.6) is 5.75 Å². The van der Waals surface area contributed by atoms with Gasteiger partial charge in [0.1, 0.15) is 5.75 Å². The fourth-order valence-corrected chi connectivity index (χ4v) is 3.41. The molecule has 146 valence electrons. The van der Waals surface area contributed by atoms with Gasteiger partial charge >= 0.3 is 0 Å². The van der Waals surface area contributed by atoms with Crippen molar-refractivity contribution >= 4 is 23.4 Å².